The van der Waals surface area contributed by atoms with Crippen LogP contribution in [0, 0.1) is 0 Å². The molecule has 0 amide bonds. The summed E-state index contributed by atoms with van der Waals surface area (Å²) in [5, 5.41) is 3.74. The quantitative estimate of drug-likeness (QED) is 0.752. The van der Waals surface area contributed by atoms with Crippen molar-refractivity contribution in [1.82, 2.24) is 5.32 Å². The summed E-state index contributed by atoms with van der Waals surface area (Å²) in [5.41, 5.74) is 1.53. The number of rotatable bonds is 5. The highest BCUT2D eigenvalue weighted by Crippen LogP contribution is 2.32. The molecule has 1 aliphatic carbocycles. The van der Waals surface area contributed by atoms with E-state index in [1.165, 1.54) is 39.9 Å². The van der Waals surface area contributed by atoms with Gasteiger partial charge in [0.05, 0.1) is 3.79 Å². The minimum absolute atomic E-state index is 0.716. The Morgan fingerprint density at radius 3 is 2.43 bits per heavy atom. The molecule has 1 nitrogen and oxygen atoms in total. The highest BCUT2D eigenvalue weighted by molar-refractivity contribution is 9.11. The van der Waals surface area contributed by atoms with Gasteiger partial charge in [-0.05, 0) is 71.6 Å². The Hall–Kier alpha value is -0.640. The average molecular weight is 364 g/mol. The van der Waals surface area contributed by atoms with Crippen LogP contribution in [0.4, 0.5) is 0 Å². The van der Waals surface area contributed by atoms with E-state index in [4.69, 9.17) is 0 Å². The molecular weight excluding hydrogens is 342 g/mol. The van der Waals surface area contributed by atoms with Crippen LogP contribution in [0.25, 0.3) is 0 Å². The summed E-state index contributed by atoms with van der Waals surface area (Å²) in [4.78, 5) is 1.47. The molecule has 0 atom stereocenters. The molecular formula is C18H22BrNS. The second-order valence-electron chi connectivity index (χ2n) is 5.87. The first kappa shape index (κ1) is 15.3. The molecule has 2 aromatic rings. The Balaban J connectivity index is 1.40. The molecule has 3 rings (SSSR count). The third kappa shape index (κ3) is 4.41. The second-order valence-corrected chi connectivity index (χ2v) is 8.42. The topological polar surface area (TPSA) is 12.0 Å². The van der Waals surface area contributed by atoms with Gasteiger partial charge in [0, 0.05) is 17.5 Å². The van der Waals surface area contributed by atoms with Gasteiger partial charge in [-0.15, -0.1) is 11.3 Å². The fraction of sp³-hybridized carbons (Fsp3) is 0.444. The van der Waals surface area contributed by atoms with Gasteiger partial charge in [0.2, 0.25) is 0 Å². The van der Waals surface area contributed by atoms with Crippen LogP contribution in [0.1, 0.15) is 42.0 Å². The molecule has 112 valence electrons. The maximum Gasteiger partial charge on any atom is 0.0701 e. The first-order valence-corrected chi connectivity index (χ1v) is 9.45. The van der Waals surface area contributed by atoms with E-state index in [-0.39, 0.29) is 0 Å². The van der Waals surface area contributed by atoms with Gasteiger partial charge in [0.1, 0.15) is 0 Å². The van der Waals surface area contributed by atoms with E-state index in [2.05, 4.69) is 63.7 Å². The Morgan fingerprint density at radius 1 is 1.00 bits per heavy atom. The molecule has 1 saturated carbocycles. The van der Waals surface area contributed by atoms with Gasteiger partial charge in [-0.1, -0.05) is 30.3 Å². The maximum atomic E-state index is 3.74. The van der Waals surface area contributed by atoms with Crippen molar-refractivity contribution in [3.8, 4) is 0 Å². The summed E-state index contributed by atoms with van der Waals surface area (Å²) in [6.07, 6.45) is 6.43. The van der Waals surface area contributed by atoms with Crippen LogP contribution in [0.3, 0.4) is 0 Å². The van der Waals surface area contributed by atoms with Crippen molar-refractivity contribution >= 4 is 27.3 Å². The van der Waals surface area contributed by atoms with E-state index in [0.717, 1.165) is 18.9 Å². The van der Waals surface area contributed by atoms with Gasteiger partial charge in [-0.25, -0.2) is 0 Å². The van der Waals surface area contributed by atoms with Crippen molar-refractivity contribution in [3.05, 3.63) is 56.7 Å². The molecule has 0 spiro atoms. The molecule has 1 aromatic heterocycles. The zero-order valence-corrected chi connectivity index (χ0v) is 14.6. The van der Waals surface area contributed by atoms with Gasteiger partial charge in [0.15, 0.2) is 0 Å². The molecule has 1 fully saturated rings. The predicted octanol–water partition coefficient (Wildman–Crippen LogP) is 5.37. The second kappa shape index (κ2) is 7.57. The Kier molecular flexibility index (Phi) is 5.50. The van der Waals surface area contributed by atoms with Gasteiger partial charge < -0.3 is 5.32 Å². The first-order chi connectivity index (χ1) is 10.3. The van der Waals surface area contributed by atoms with Crippen molar-refractivity contribution in [2.75, 3.05) is 6.54 Å². The largest absolute Gasteiger partial charge is 0.314 e. The van der Waals surface area contributed by atoms with Gasteiger partial charge in [-0.3, -0.25) is 0 Å². The van der Waals surface area contributed by atoms with Crippen molar-refractivity contribution in [3.63, 3.8) is 0 Å². The highest BCUT2D eigenvalue weighted by atomic mass is 79.9. The summed E-state index contributed by atoms with van der Waals surface area (Å²) in [7, 11) is 0. The number of nitrogens with one attached hydrogen (secondary N) is 1. The standard InChI is InChI=1S/C18H22BrNS/c19-18-11-10-17(21-18)12-13-20-16-8-6-15(7-9-16)14-4-2-1-3-5-14/h1-5,10-11,15-16,20H,6-9,12-13H2. The van der Waals surface area contributed by atoms with E-state index in [0.29, 0.717) is 6.04 Å². The maximum absolute atomic E-state index is 3.74. The van der Waals surface area contributed by atoms with E-state index < -0.39 is 0 Å². The Labute approximate surface area is 139 Å². The molecule has 0 radical (unpaired) electrons. The third-order valence-electron chi connectivity index (χ3n) is 4.43. The summed E-state index contributed by atoms with van der Waals surface area (Å²) in [6, 6.07) is 16.1. The summed E-state index contributed by atoms with van der Waals surface area (Å²) in [5.74, 6) is 0.775. The van der Waals surface area contributed by atoms with Crippen LogP contribution in [0.15, 0.2) is 46.3 Å². The van der Waals surface area contributed by atoms with Crippen LogP contribution < -0.4 is 5.32 Å². The lowest BCUT2D eigenvalue weighted by atomic mass is 9.82. The van der Waals surface area contributed by atoms with Crippen molar-refractivity contribution in [2.45, 2.75) is 44.1 Å². The lowest BCUT2D eigenvalue weighted by molar-refractivity contribution is 0.344. The number of hydrogen-bond donors (Lipinski definition) is 1. The molecule has 1 aromatic carbocycles. The molecule has 1 aliphatic rings. The molecule has 1 N–H and O–H groups in total. The zero-order valence-electron chi connectivity index (χ0n) is 12.2. The molecule has 0 aliphatic heterocycles. The normalized spacial score (nSPS) is 22.3. The van der Waals surface area contributed by atoms with Crippen LogP contribution in [-0.4, -0.2) is 12.6 Å². The van der Waals surface area contributed by atoms with Crippen LogP contribution in [0.5, 0.6) is 0 Å². The lowest BCUT2D eigenvalue weighted by Crippen LogP contribution is -2.34. The molecule has 0 bridgehead atoms. The third-order valence-corrected chi connectivity index (χ3v) is 6.11. The highest BCUT2D eigenvalue weighted by Gasteiger charge is 2.21. The van der Waals surface area contributed by atoms with E-state index >= 15 is 0 Å². The van der Waals surface area contributed by atoms with E-state index in [1.54, 1.807) is 0 Å². The predicted molar refractivity (Wildman–Crippen MR) is 95.2 cm³/mol. The number of halogens is 1. The smallest absolute Gasteiger partial charge is 0.0701 e. The van der Waals surface area contributed by atoms with Crippen molar-refractivity contribution < 1.29 is 0 Å². The van der Waals surface area contributed by atoms with E-state index in [9.17, 15) is 0 Å². The van der Waals surface area contributed by atoms with Gasteiger partial charge in [0.25, 0.3) is 0 Å². The summed E-state index contributed by atoms with van der Waals surface area (Å²) < 4.78 is 1.24. The fourth-order valence-electron chi connectivity index (χ4n) is 3.24. The number of benzene rings is 1. The van der Waals surface area contributed by atoms with E-state index in [1.807, 2.05) is 11.3 Å². The van der Waals surface area contributed by atoms with Crippen molar-refractivity contribution in [2.24, 2.45) is 0 Å². The lowest BCUT2D eigenvalue weighted by Gasteiger charge is -2.29. The van der Waals surface area contributed by atoms with Gasteiger partial charge in [-0.2, -0.15) is 0 Å². The Morgan fingerprint density at radius 2 is 1.76 bits per heavy atom. The minimum Gasteiger partial charge on any atom is -0.314 e. The molecule has 0 unspecified atom stereocenters. The fourth-order valence-corrected chi connectivity index (χ4v) is 4.72. The first-order valence-electron chi connectivity index (χ1n) is 7.84. The minimum atomic E-state index is 0.716. The molecule has 0 saturated heterocycles. The average Bonchev–Trinajstić information content (AvgIpc) is 2.94. The van der Waals surface area contributed by atoms with Crippen molar-refractivity contribution in [1.29, 1.82) is 0 Å². The van der Waals surface area contributed by atoms with Crippen LogP contribution in [0.2, 0.25) is 0 Å². The van der Waals surface area contributed by atoms with Crippen LogP contribution >= 0.6 is 27.3 Å². The number of thiophene rings is 1. The SMILES string of the molecule is Brc1ccc(CCNC2CCC(c3ccccc3)CC2)s1. The monoisotopic (exact) mass is 363 g/mol. The molecule has 21 heavy (non-hydrogen) atoms. The van der Waals surface area contributed by atoms with Crippen LogP contribution in [-0.2, 0) is 6.42 Å². The number of hydrogen-bond acceptors (Lipinski definition) is 2. The molecule has 1 heterocycles. The Bertz CT molecular complexity index is 543. The zero-order chi connectivity index (χ0) is 14.5. The van der Waals surface area contributed by atoms with Gasteiger partial charge >= 0.3 is 0 Å². The summed E-state index contributed by atoms with van der Waals surface area (Å²) >= 11 is 5.38. The summed E-state index contributed by atoms with van der Waals surface area (Å²) in [6.45, 7) is 1.10. The molecule has 3 heteroatoms.